The van der Waals surface area contributed by atoms with Crippen LogP contribution in [0.1, 0.15) is 50.7 Å². The number of unbranched alkanes of at least 4 members (excludes halogenated alkanes) is 2. The van der Waals surface area contributed by atoms with Gasteiger partial charge in [-0.3, -0.25) is 19.2 Å². The van der Waals surface area contributed by atoms with E-state index in [0.717, 1.165) is 0 Å². The van der Waals surface area contributed by atoms with E-state index in [1.165, 1.54) is 0 Å². The van der Waals surface area contributed by atoms with Gasteiger partial charge in [-0.15, -0.1) is 0 Å². The first kappa shape index (κ1) is 35.3. The van der Waals surface area contributed by atoms with Crippen LogP contribution in [0.5, 0.6) is 0 Å². The molecular formula is C37H41BrClN3O7. The number of cyclic esters (lactones) is 1. The van der Waals surface area contributed by atoms with E-state index >= 15 is 0 Å². The molecule has 5 bridgehead atoms. The highest BCUT2D eigenvalue weighted by molar-refractivity contribution is 9.11. The number of aliphatic hydroxyl groups is 1. The summed E-state index contributed by atoms with van der Waals surface area (Å²) in [7, 11) is 1.70. The summed E-state index contributed by atoms with van der Waals surface area (Å²) >= 11 is 9.83. The lowest BCUT2D eigenvalue weighted by Gasteiger charge is -2.36. The number of hydrogen-bond donors (Lipinski definition) is 1. The second kappa shape index (κ2) is 14.8. The minimum Gasteiger partial charge on any atom is -0.455 e. The van der Waals surface area contributed by atoms with Gasteiger partial charge in [0.05, 0.1) is 12.0 Å². The predicted molar refractivity (Wildman–Crippen MR) is 188 cm³/mol. The number of anilines is 1. The zero-order chi connectivity index (χ0) is 34.9. The van der Waals surface area contributed by atoms with E-state index in [9.17, 15) is 24.3 Å². The Morgan fingerprint density at radius 3 is 2.41 bits per heavy atom. The molecule has 12 heteroatoms. The Balaban J connectivity index is 1.46. The summed E-state index contributed by atoms with van der Waals surface area (Å²) in [5, 5.41) is 9.90. The van der Waals surface area contributed by atoms with Crippen molar-refractivity contribution in [3.63, 3.8) is 0 Å². The van der Waals surface area contributed by atoms with Crippen LogP contribution in [0.3, 0.4) is 0 Å². The van der Waals surface area contributed by atoms with Crippen LogP contribution in [0.25, 0.3) is 0 Å². The largest absolute Gasteiger partial charge is 0.455 e. The van der Waals surface area contributed by atoms with Crippen LogP contribution in [0.15, 0.2) is 77.3 Å². The fourth-order valence-corrected chi connectivity index (χ4v) is 8.43. The molecule has 10 nitrogen and oxygen atoms in total. The lowest BCUT2D eigenvalue weighted by Crippen LogP contribution is -2.56. The van der Waals surface area contributed by atoms with E-state index in [1.807, 2.05) is 49.4 Å². The third kappa shape index (κ3) is 6.58. The fourth-order valence-electron chi connectivity index (χ4n) is 7.57. The topological polar surface area (TPSA) is 117 Å². The molecule has 0 aliphatic carbocycles. The van der Waals surface area contributed by atoms with Gasteiger partial charge < -0.3 is 29.3 Å². The number of fused-ring (bicyclic) bond motifs is 2. The third-order valence-electron chi connectivity index (χ3n) is 10.2. The molecule has 260 valence electrons. The number of halogens is 2. The molecule has 4 heterocycles. The molecule has 1 spiro atoms. The first-order valence-electron chi connectivity index (χ1n) is 16.8. The summed E-state index contributed by atoms with van der Waals surface area (Å²) in [5.74, 6) is -3.53. The van der Waals surface area contributed by atoms with Crippen LogP contribution < -0.4 is 4.90 Å². The number of hydrogen-bond acceptors (Lipinski definition) is 7. The standard InChI is InChI=1S/C37H41BrClN3O7/c1-23-31(24-12-6-3-7-13-24)48-36(47)29-30-34(45)42(20-10-5-11-21-43)33(37(30)22-27(38)32(29)49-37)35(46)41(26-17-15-25(39)16-18-26)19-9-4-8-14-28(44)40(23)2/h3-4,6-7,9,12-13,15-18,22-23,29-33,43H,5,8,10-11,14,19-21H2,1-2H3/b9-4-/t23-,29+,30-,31+,32+,33+,37-/m1/s1. The number of carbonyl (C=O) groups is 4. The molecule has 4 aliphatic rings. The molecule has 0 unspecified atom stereocenters. The van der Waals surface area contributed by atoms with Crippen molar-refractivity contribution in [2.75, 3.05) is 31.6 Å². The number of nitrogens with zero attached hydrogens (tertiary/aromatic N) is 3. The lowest BCUT2D eigenvalue weighted by molar-refractivity contribution is -0.164. The third-order valence-corrected chi connectivity index (χ3v) is 11.1. The first-order valence-corrected chi connectivity index (χ1v) is 18.0. The SMILES string of the molecule is C[C@@H]1[C@@H](c2ccccc2)OC(=O)[C@@H]2[C@H]3O[C@@]4(C=C3Br)[C@H](C(=O)N(c3ccc(Cl)cc3)C/C=C\CCC(=O)N1C)N(CCCCCO)C(=O)[C@@H]24. The van der Waals surface area contributed by atoms with Crippen molar-refractivity contribution in [2.45, 2.75) is 68.9 Å². The number of aliphatic hydroxyl groups excluding tert-OH is 1. The lowest BCUT2D eigenvalue weighted by atomic mass is 9.74. The molecule has 0 radical (unpaired) electrons. The van der Waals surface area contributed by atoms with Crippen molar-refractivity contribution >= 4 is 56.9 Å². The number of ether oxygens (including phenoxy) is 2. The van der Waals surface area contributed by atoms with Crippen molar-refractivity contribution < 1.29 is 33.8 Å². The van der Waals surface area contributed by atoms with Gasteiger partial charge >= 0.3 is 5.97 Å². The quantitative estimate of drug-likeness (QED) is 0.235. The maximum Gasteiger partial charge on any atom is 0.313 e. The predicted octanol–water partition coefficient (Wildman–Crippen LogP) is 5.19. The van der Waals surface area contributed by atoms with E-state index in [4.69, 9.17) is 21.1 Å². The highest BCUT2D eigenvalue weighted by Gasteiger charge is 2.75. The molecule has 2 fully saturated rings. The van der Waals surface area contributed by atoms with Crippen molar-refractivity contribution in [1.82, 2.24) is 9.80 Å². The Morgan fingerprint density at radius 1 is 0.959 bits per heavy atom. The van der Waals surface area contributed by atoms with Gasteiger partial charge in [0.25, 0.3) is 5.91 Å². The van der Waals surface area contributed by atoms with Gasteiger partial charge in [0.2, 0.25) is 11.8 Å². The van der Waals surface area contributed by atoms with Crippen molar-refractivity contribution in [3.8, 4) is 0 Å². The number of carbonyl (C=O) groups excluding carboxylic acids is 4. The van der Waals surface area contributed by atoms with E-state index in [1.54, 1.807) is 52.1 Å². The maximum absolute atomic E-state index is 14.9. The molecule has 4 aliphatic heterocycles. The molecule has 1 N–H and O–H groups in total. The first-order chi connectivity index (χ1) is 23.6. The summed E-state index contributed by atoms with van der Waals surface area (Å²) in [5.41, 5.74) is -0.142. The molecule has 0 saturated carbocycles. The van der Waals surface area contributed by atoms with E-state index in [0.29, 0.717) is 46.4 Å². The number of likely N-dealkylation sites (tertiary alicyclic amines) is 1. The maximum atomic E-state index is 14.9. The van der Waals surface area contributed by atoms with Gasteiger partial charge in [0.1, 0.15) is 29.8 Å². The molecule has 2 saturated heterocycles. The van der Waals surface area contributed by atoms with Crippen LogP contribution in [0.2, 0.25) is 5.02 Å². The van der Waals surface area contributed by atoms with Crippen LogP contribution in [0.4, 0.5) is 5.69 Å². The number of esters is 1. The highest BCUT2D eigenvalue weighted by Crippen LogP contribution is 2.59. The van der Waals surface area contributed by atoms with Gasteiger partial charge in [0, 0.05) is 48.4 Å². The van der Waals surface area contributed by atoms with Crippen LogP contribution >= 0.6 is 27.5 Å². The van der Waals surface area contributed by atoms with Gasteiger partial charge in [-0.25, -0.2) is 0 Å². The Morgan fingerprint density at radius 2 is 1.69 bits per heavy atom. The normalized spacial score (nSPS) is 31.2. The van der Waals surface area contributed by atoms with Gasteiger partial charge in [-0.1, -0.05) is 70.0 Å². The summed E-state index contributed by atoms with van der Waals surface area (Å²) in [6, 6.07) is 14.5. The Kier molecular flexibility index (Phi) is 10.6. The summed E-state index contributed by atoms with van der Waals surface area (Å²) in [4.78, 5) is 62.1. The van der Waals surface area contributed by atoms with Gasteiger partial charge in [-0.2, -0.15) is 0 Å². The minimum atomic E-state index is -1.43. The van der Waals surface area contributed by atoms with E-state index < -0.39 is 47.7 Å². The average Bonchev–Trinajstić information content (AvgIpc) is 3.69. The highest BCUT2D eigenvalue weighted by atomic mass is 79.9. The monoisotopic (exact) mass is 753 g/mol. The summed E-state index contributed by atoms with van der Waals surface area (Å²) in [6.07, 6.45) is 6.27. The smallest absolute Gasteiger partial charge is 0.313 e. The minimum absolute atomic E-state index is 0.0235. The fraction of sp³-hybridized carbons (Fsp3) is 0.459. The Hall–Kier alpha value is -3.51. The van der Waals surface area contributed by atoms with Crippen molar-refractivity contribution in [1.29, 1.82) is 0 Å². The number of amides is 3. The van der Waals surface area contributed by atoms with Gasteiger partial charge in [0.15, 0.2) is 0 Å². The van der Waals surface area contributed by atoms with Gasteiger partial charge in [-0.05, 0) is 68.5 Å². The summed E-state index contributed by atoms with van der Waals surface area (Å²) < 4.78 is 13.5. The molecular weight excluding hydrogens is 714 g/mol. The second-order valence-corrected chi connectivity index (χ2v) is 14.4. The zero-order valence-corrected chi connectivity index (χ0v) is 29.9. The average molecular weight is 755 g/mol. The molecule has 7 atom stereocenters. The number of likely N-dealkylation sites (N-methyl/N-ethyl adjacent to an activating group) is 1. The second-order valence-electron chi connectivity index (χ2n) is 13.1. The van der Waals surface area contributed by atoms with E-state index in [-0.39, 0.29) is 43.8 Å². The molecule has 2 aromatic carbocycles. The molecule has 49 heavy (non-hydrogen) atoms. The van der Waals surface area contributed by atoms with Crippen LogP contribution in [-0.2, 0) is 28.7 Å². The molecule has 2 aromatic rings. The van der Waals surface area contributed by atoms with E-state index in [2.05, 4.69) is 15.9 Å². The van der Waals surface area contributed by atoms with Crippen LogP contribution in [-0.4, -0.2) is 89.1 Å². The Labute approximate surface area is 299 Å². The zero-order valence-electron chi connectivity index (χ0n) is 27.5. The summed E-state index contributed by atoms with van der Waals surface area (Å²) in [6.45, 7) is 2.28. The number of benzene rings is 2. The van der Waals surface area contributed by atoms with Crippen LogP contribution in [0, 0.1) is 11.8 Å². The van der Waals surface area contributed by atoms with Crippen molar-refractivity contribution in [3.05, 3.63) is 87.9 Å². The molecule has 0 aromatic heterocycles. The molecule has 6 rings (SSSR count). The number of rotatable bonds is 7. The molecule has 3 amide bonds. The number of allylic oxidation sites excluding steroid dienone is 1. The Bertz CT molecular complexity index is 1640. The van der Waals surface area contributed by atoms with Crippen molar-refractivity contribution in [2.24, 2.45) is 11.8 Å².